The van der Waals surface area contributed by atoms with Gasteiger partial charge < -0.3 is 4.42 Å². The fraction of sp³-hybridized carbons (Fsp3) is 0.0571. The largest absolute Gasteiger partial charge is 0.455 e. The van der Waals surface area contributed by atoms with Crippen LogP contribution in [0.1, 0.15) is 22.3 Å². The Kier molecular flexibility index (Phi) is 7.24. The summed E-state index contributed by atoms with van der Waals surface area (Å²) in [6, 6.07) is 44.4. The fourth-order valence-corrected chi connectivity index (χ4v) is 6.33. The summed E-state index contributed by atoms with van der Waals surface area (Å²) in [6.07, 6.45) is 0. The highest BCUT2D eigenvalue weighted by Gasteiger charge is 2.41. The van der Waals surface area contributed by atoms with Crippen LogP contribution >= 0.6 is 15.9 Å². The van der Waals surface area contributed by atoms with Crippen molar-refractivity contribution in [2.45, 2.75) is 12.1 Å². The van der Waals surface area contributed by atoms with Crippen molar-refractivity contribution in [2.75, 3.05) is 0 Å². The number of aromatic nitrogens is 4. The molecule has 0 spiro atoms. The van der Waals surface area contributed by atoms with Crippen LogP contribution in [0.3, 0.4) is 0 Å². The molecule has 7 rings (SSSR count). The maximum Gasteiger partial charge on any atom is 0.205 e. The van der Waals surface area contributed by atoms with Gasteiger partial charge in [-0.2, -0.15) is 0 Å². The molecule has 5 aromatic carbocycles. The number of benzene rings is 5. The van der Waals surface area contributed by atoms with Gasteiger partial charge in [-0.15, -0.1) is 15.0 Å². The van der Waals surface area contributed by atoms with Gasteiger partial charge in [0.1, 0.15) is 11.3 Å². The van der Waals surface area contributed by atoms with E-state index in [-0.39, 0.29) is 6.54 Å². The van der Waals surface area contributed by atoms with E-state index in [0.29, 0.717) is 17.2 Å². The summed E-state index contributed by atoms with van der Waals surface area (Å²) in [6.45, 7) is 0.259. The summed E-state index contributed by atoms with van der Waals surface area (Å²) in [5, 5.41) is 19.0. The second-order valence-electron chi connectivity index (χ2n) is 10.2. The van der Waals surface area contributed by atoms with E-state index in [1.165, 1.54) is 0 Å². The predicted octanol–water partition coefficient (Wildman–Crippen LogP) is 9.17. The highest BCUT2D eigenvalue weighted by Crippen LogP contribution is 2.43. The van der Waals surface area contributed by atoms with Crippen LogP contribution in [-0.2, 0) is 12.1 Å². The Hall–Kier alpha value is -5.50. The predicted molar refractivity (Wildman–Crippen MR) is 174 cm³/mol. The van der Waals surface area contributed by atoms with Gasteiger partial charge in [-0.25, -0.2) is 0 Å². The summed E-state index contributed by atoms with van der Waals surface area (Å²) in [5.41, 5.74) is 14.1. The lowest BCUT2D eigenvalue weighted by atomic mass is 9.77. The van der Waals surface area contributed by atoms with Crippen molar-refractivity contribution in [3.8, 4) is 22.7 Å². The number of furan rings is 1. The molecule has 2 aromatic heterocycles. The molecule has 7 aromatic rings. The second-order valence-corrected chi connectivity index (χ2v) is 11.0. The van der Waals surface area contributed by atoms with E-state index in [4.69, 9.17) is 20.3 Å². The SMILES string of the molecule is [N-]=[N+]=NCc1ccc2oc(-c3ccccc3-c3nnn(C(c4ccccc4)(c4ccccc4)c4ccccc4)n3)c(Br)c2c1. The van der Waals surface area contributed by atoms with Crippen molar-refractivity contribution < 1.29 is 4.42 Å². The Balaban J connectivity index is 1.41. The highest BCUT2D eigenvalue weighted by molar-refractivity contribution is 9.10. The van der Waals surface area contributed by atoms with Crippen LogP contribution in [-0.4, -0.2) is 20.2 Å². The molecule has 0 atom stereocenters. The minimum Gasteiger partial charge on any atom is -0.455 e. The third kappa shape index (κ3) is 4.65. The molecule has 8 nitrogen and oxygen atoms in total. The Labute approximate surface area is 261 Å². The number of hydrogen-bond acceptors (Lipinski definition) is 5. The van der Waals surface area contributed by atoms with E-state index < -0.39 is 5.54 Å². The van der Waals surface area contributed by atoms with Crippen molar-refractivity contribution in [3.05, 3.63) is 171 Å². The summed E-state index contributed by atoms with van der Waals surface area (Å²) >= 11 is 3.77. The zero-order valence-corrected chi connectivity index (χ0v) is 24.9. The summed E-state index contributed by atoms with van der Waals surface area (Å²) in [4.78, 5) is 4.59. The molecule has 9 heteroatoms. The monoisotopic (exact) mass is 637 g/mol. The Bertz CT molecular complexity index is 2020. The zero-order chi connectivity index (χ0) is 29.9. The van der Waals surface area contributed by atoms with Gasteiger partial charge in [0.15, 0.2) is 5.54 Å². The van der Waals surface area contributed by atoms with Crippen molar-refractivity contribution in [2.24, 2.45) is 5.11 Å². The average molecular weight is 639 g/mol. The first-order valence-corrected chi connectivity index (χ1v) is 14.8. The fourth-order valence-electron chi connectivity index (χ4n) is 5.72. The van der Waals surface area contributed by atoms with E-state index in [1.54, 1.807) is 4.80 Å². The van der Waals surface area contributed by atoms with Crippen LogP contribution in [0.5, 0.6) is 0 Å². The summed E-state index contributed by atoms with van der Waals surface area (Å²) < 4.78 is 7.15. The molecule has 0 radical (unpaired) electrons. The van der Waals surface area contributed by atoms with Crippen molar-refractivity contribution in [1.29, 1.82) is 0 Å². The van der Waals surface area contributed by atoms with E-state index in [2.05, 4.69) is 67.5 Å². The number of halogens is 1. The molecule has 0 aliphatic heterocycles. The summed E-state index contributed by atoms with van der Waals surface area (Å²) in [5.74, 6) is 1.11. The van der Waals surface area contributed by atoms with Gasteiger partial charge in [0.05, 0.1) is 11.0 Å². The van der Waals surface area contributed by atoms with Crippen LogP contribution in [0.2, 0.25) is 0 Å². The molecule has 0 fully saturated rings. The van der Waals surface area contributed by atoms with Gasteiger partial charge >= 0.3 is 0 Å². The lowest BCUT2D eigenvalue weighted by molar-refractivity contribution is 0.396. The summed E-state index contributed by atoms with van der Waals surface area (Å²) in [7, 11) is 0. The number of rotatable bonds is 8. The van der Waals surface area contributed by atoms with Crippen molar-refractivity contribution in [1.82, 2.24) is 20.2 Å². The molecule has 0 amide bonds. The van der Waals surface area contributed by atoms with Gasteiger partial charge in [0.25, 0.3) is 0 Å². The molecule has 0 saturated carbocycles. The van der Waals surface area contributed by atoms with E-state index in [9.17, 15) is 0 Å². The van der Waals surface area contributed by atoms with Crippen LogP contribution in [0, 0.1) is 0 Å². The van der Waals surface area contributed by atoms with Gasteiger partial charge in [0, 0.05) is 21.4 Å². The number of nitrogens with zero attached hydrogens (tertiary/aromatic N) is 7. The number of azide groups is 1. The minimum atomic E-state index is -0.883. The Morgan fingerprint density at radius 1 is 0.750 bits per heavy atom. The van der Waals surface area contributed by atoms with Gasteiger partial charge in [-0.3, -0.25) is 0 Å². The molecule has 2 heterocycles. The molecular formula is C35H24BrN7O. The number of fused-ring (bicyclic) bond motifs is 1. The quantitative estimate of drug-likeness (QED) is 0.0716. The standard InChI is InChI=1S/C35H24BrN7O/c36-32-30-22-24(23-38-41-37)20-21-31(30)44-33(32)28-18-10-11-19-29(28)34-39-42-43(40-34)35(25-12-4-1-5-13-25,26-14-6-2-7-15-26)27-16-8-3-9-17-27/h1-22H,23H2. The maximum absolute atomic E-state index is 8.75. The van der Waals surface area contributed by atoms with Crippen LogP contribution < -0.4 is 0 Å². The van der Waals surface area contributed by atoms with E-state index >= 15 is 0 Å². The number of hydrogen-bond donors (Lipinski definition) is 0. The lowest BCUT2D eigenvalue weighted by Crippen LogP contribution is -2.39. The molecule has 0 aliphatic carbocycles. The van der Waals surface area contributed by atoms with Gasteiger partial charge in [-0.05, 0) is 61.1 Å². The molecule has 0 aliphatic rings. The first-order chi connectivity index (χ1) is 21.7. The highest BCUT2D eigenvalue weighted by atomic mass is 79.9. The lowest BCUT2D eigenvalue weighted by Gasteiger charge is -2.34. The molecule has 0 N–H and O–H groups in total. The molecule has 0 bridgehead atoms. The number of tetrazole rings is 1. The van der Waals surface area contributed by atoms with Crippen LogP contribution in [0.25, 0.3) is 44.1 Å². The van der Waals surface area contributed by atoms with Crippen LogP contribution in [0.15, 0.2) is 147 Å². The van der Waals surface area contributed by atoms with Crippen LogP contribution in [0.4, 0.5) is 0 Å². The molecule has 212 valence electrons. The van der Waals surface area contributed by atoms with Gasteiger partial charge in [-0.1, -0.05) is 126 Å². The van der Waals surface area contributed by atoms with Gasteiger partial charge in [0.2, 0.25) is 5.82 Å². The van der Waals surface area contributed by atoms with Crippen molar-refractivity contribution in [3.63, 3.8) is 0 Å². The molecule has 0 unspecified atom stereocenters. The Morgan fingerprint density at radius 2 is 1.32 bits per heavy atom. The average Bonchev–Trinajstić information content (AvgIpc) is 3.71. The second kappa shape index (κ2) is 11.6. The van der Waals surface area contributed by atoms with E-state index in [0.717, 1.165) is 43.2 Å². The smallest absolute Gasteiger partial charge is 0.205 e. The molecular weight excluding hydrogens is 614 g/mol. The first-order valence-electron chi connectivity index (χ1n) is 14.0. The zero-order valence-electron chi connectivity index (χ0n) is 23.3. The molecule has 44 heavy (non-hydrogen) atoms. The third-order valence-corrected chi connectivity index (χ3v) is 8.50. The molecule has 0 saturated heterocycles. The first kappa shape index (κ1) is 27.3. The normalized spacial score (nSPS) is 11.4. The Morgan fingerprint density at radius 3 is 1.91 bits per heavy atom. The minimum absolute atomic E-state index is 0.259. The maximum atomic E-state index is 8.75. The topological polar surface area (TPSA) is 106 Å². The third-order valence-electron chi connectivity index (χ3n) is 7.71. The van der Waals surface area contributed by atoms with Crippen molar-refractivity contribution >= 4 is 26.9 Å². The van der Waals surface area contributed by atoms with E-state index in [1.807, 2.05) is 97.1 Å².